The molecule has 1 nitrogen and oxygen atoms in total. The van der Waals surface area contributed by atoms with Crippen molar-refractivity contribution in [1.29, 1.82) is 0 Å². The van der Waals surface area contributed by atoms with Gasteiger partial charge in [-0.1, -0.05) is 20.8 Å². The van der Waals surface area contributed by atoms with E-state index < -0.39 is 0 Å². The van der Waals surface area contributed by atoms with E-state index in [4.69, 9.17) is 0 Å². The summed E-state index contributed by atoms with van der Waals surface area (Å²) in [6.07, 6.45) is 2.78. The zero-order valence-corrected chi connectivity index (χ0v) is 8.59. The highest BCUT2D eigenvalue weighted by molar-refractivity contribution is 5.91. The maximum Gasteiger partial charge on any atom is 0.0276 e. The number of rotatable bonds is 0. The fourth-order valence-corrected chi connectivity index (χ4v) is 3.19. The molecule has 0 N–H and O–H groups in total. The number of aliphatic imine (C=N–C) groups is 1. The molecule has 0 spiro atoms. The van der Waals surface area contributed by atoms with Crippen LogP contribution < -0.4 is 0 Å². The molecule has 0 aliphatic heterocycles. The molecule has 3 fully saturated rings. The zero-order chi connectivity index (χ0) is 8.93. The molecule has 1 heteroatoms. The Morgan fingerprint density at radius 1 is 1.33 bits per heavy atom. The molecule has 0 saturated heterocycles. The molecule has 0 heterocycles. The summed E-state index contributed by atoms with van der Waals surface area (Å²) < 4.78 is 0. The minimum absolute atomic E-state index is 0.557. The monoisotopic (exact) mass is 165 g/mol. The van der Waals surface area contributed by atoms with E-state index in [1.54, 1.807) is 0 Å². The number of nitrogens with zero attached hydrogens (tertiary/aromatic N) is 1. The van der Waals surface area contributed by atoms with Gasteiger partial charge in [-0.2, -0.15) is 0 Å². The summed E-state index contributed by atoms with van der Waals surface area (Å²) in [4.78, 5) is 4.46. The summed E-state index contributed by atoms with van der Waals surface area (Å²) in [7, 11) is 1.96. The van der Waals surface area contributed by atoms with Gasteiger partial charge in [0.2, 0.25) is 0 Å². The van der Waals surface area contributed by atoms with Crippen LogP contribution in [-0.4, -0.2) is 12.8 Å². The van der Waals surface area contributed by atoms with Crippen molar-refractivity contribution in [3.8, 4) is 0 Å². The van der Waals surface area contributed by atoms with Gasteiger partial charge in [0.25, 0.3) is 0 Å². The van der Waals surface area contributed by atoms with Crippen LogP contribution in [0.1, 0.15) is 33.6 Å². The smallest absolute Gasteiger partial charge is 0.0276 e. The van der Waals surface area contributed by atoms with Crippen LogP contribution in [0, 0.1) is 23.2 Å². The summed E-state index contributed by atoms with van der Waals surface area (Å²) >= 11 is 0. The fraction of sp³-hybridized carbons (Fsp3) is 0.909. The van der Waals surface area contributed by atoms with E-state index in [0.29, 0.717) is 5.41 Å². The standard InChI is InChI=1S/C11H19N/c1-7-5-8-6-9(10(7)12-4)11(8,2)3/h7-9H,5-6H2,1-4H3. The first-order chi connectivity index (χ1) is 5.57. The highest BCUT2D eigenvalue weighted by atomic mass is 14.8. The molecule has 3 rings (SSSR count). The lowest BCUT2D eigenvalue weighted by atomic mass is 9.46. The Bertz CT molecular complexity index is 227. The Kier molecular flexibility index (Phi) is 1.61. The molecule has 3 atom stereocenters. The number of hydrogen-bond donors (Lipinski definition) is 0. The third-order valence-corrected chi connectivity index (χ3v) is 4.23. The zero-order valence-electron chi connectivity index (χ0n) is 8.59. The SMILES string of the molecule is CN=C1C(C)CC2CC1C2(C)C. The topological polar surface area (TPSA) is 12.4 Å². The Labute approximate surface area is 75.3 Å². The van der Waals surface area contributed by atoms with Gasteiger partial charge in [-0.25, -0.2) is 0 Å². The van der Waals surface area contributed by atoms with Gasteiger partial charge in [0.15, 0.2) is 0 Å². The van der Waals surface area contributed by atoms with E-state index in [0.717, 1.165) is 17.8 Å². The van der Waals surface area contributed by atoms with Gasteiger partial charge < -0.3 is 0 Å². The second-order valence-corrected chi connectivity index (χ2v) is 5.09. The van der Waals surface area contributed by atoms with Gasteiger partial charge in [-0.15, -0.1) is 0 Å². The predicted octanol–water partition coefficient (Wildman–Crippen LogP) is 2.76. The van der Waals surface area contributed by atoms with Crippen molar-refractivity contribution in [3.05, 3.63) is 0 Å². The van der Waals surface area contributed by atoms with Gasteiger partial charge in [0.05, 0.1) is 0 Å². The Balaban J connectivity index is 2.27. The Morgan fingerprint density at radius 2 is 2.00 bits per heavy atom. The van der Waals surface area contributed by atoms with E-state index >= 15 is 0 Å². The molecule has 68 valence electrons. The van der Waals surface area contributed by atoms with Crippen LogP contribution in [0.5, 0.6) is 0 Å². The van der Waals surface area contributed by atoms with E-state index in [1.807, 2.05) is 7.05 Å². The fourth-order valence-electron chi connectivity index (χ4n) is 3.19. The molecule has 3 aliphatic rings. The van der Waals surface area contributed by atoms with Crippen LogP contribution in [0.2, 0.25) is 0 Å². The number of hydrogen-bond acceptors (Lipinski definition) is 1. The Hall–Kier alpha value is -0.330. The molecule has 0 radical (unpaired) electrons. The van der Waals surface area contributed by atoms with Crippen molar-refractivity contribution >= 4 is 5.71 Å². The van der Waals surface area contributed by atoms with Crippen LogP contribution in [-0.2, 0) is 0 Å². The van der Waals surface area contributed by atoms with Gasteiger partial charge in [-0.3, -0.25) is 4.99 Å². The summed E-state index contributed by atoms with van der Waals surface area (Å²) in [5.74, 6) is 2.53. The number of fused-ring (bicyclic) bond motifs is 2. The molecule has 0 aromatic heterocycles. The van der Waals surface area contributed by atoms with Crippen LogP contribution >= 0.6 is 0 Å². The summed E-state index contributed by atoms with van der Waals surface area (Å²) in [5.41, 5.74) is 2.05. The molecule has 0 aromatic carbocycles. The van der Waals surface area contributed by atoms with Gasteiger partial charge >= 0.3 is 0 Å². The highest BCUT2D eigenvalue weighted by Crippen LogP contribution is 2.59. The second kappa shape index (κ2) is 2.34. The molecule has 0 amide bonds. The van der Waals surface area contributed by atoms with Gasteiger partial charge in [-0.05, 0) is 30.1 Å². The lowest BCUT2D eigenvalue weighted by molar-refractivity contribution is -0.0113. The first-order valence-corrected chi connectivity index (χ1v) is 5.04. The third kappa shape index (κ3) is 0.826. The van der Waals surface area contributed by atoms with Crippen molar-refractivity contribution in [2.75, 3.05) is 7.05 Å². The molecule has 0 aromatic rings. The lowest BCUT2D eigenvalue weighted by Gasteiger charge is -2.59. The van der Waals surface area contributed by atoms with Gasteiger partial charge in [0.1, 0.15) is 0 Å². The lowest BCUT2D eigenvalue weighted by Crippen LogP contribution is -2.55. The van der Waals surface area contributed by atoms with Gasteiger partial charge in [0, 0.05) is 18.7 Å². The maximum absolute atomic E-state index is 4.46. The predicted molar refractivity (Wildman–Crippen MR) is 52.5 cm³/mol. The molecule has 12 heavy (non-hydrogen) atoms. The van der Waals surface area contributed by atoms with Crippen LogP contribution in [0.3, 0.4) is 0 Å². The van der Waals surface area contributed by atoms with Crippen LogP contribution in [0.4, 0.5) is 0 Å². The van der Waals surface area contributed by atoms with Crippen molar-refractivity contribution in [2.24, 2.45) is 28.2 Å². The van der Waals surface area contributed by atoms with Crippen molar-refractivity contribution < 1.29 is 0 Å². The van der Waals surface area contributed by atoms with Crippen molar-refractivity contribution in [1.82, 2.24) is 0 Å². The summed E-state index contributed by atoms with van der Waals surface area (Å²) in [5, 5.41) is 0. The van der Waals surface area contributed by atoms with E-state index in [1.165, 1.54) is 18.6 Å². The minimum Gasteiger partial charge on any atom is -0.297 e. The molecular weight excluding hydrogens is 146 g/mol. The molecule has 3 saturated carbocycles. The van der Waals surface area contributed by atoms with E-state index in [9.17, 15) is 0 Å². The normalized spacial score (nSPS) is 47.3. The quantitative estimate of drug-likeness (QED) is 0.523. The summed E-state index contributed by atoms with van der Waals surface area (Å²) in [6.45, 7) is 7.14. The molecule has 2 bridgehead atoms. The molecule has 3 unspecified atom stereocenters. The van der Waals surface area contributed by atoms with Crippen LogP contribution in [0.25, 0.3) is 0 Å². The van der Waals surface area contributed by atoms with E-state index in [2.05, 4.69) is 25.8 Å². The summed E-state index contributed by atoms with van der Waals surface area (Å²) in [6, 6.07) is 0. The maximum atomic E-state index is 4.46. The van der Waals surface area contributed by atoms with Crippen molar-refractivity contribution in [3.63, 3.8) is 0 Å². The highest BCUT2D eigenvalue weighted by Gasteiger charge is 2.54. The largest absolute Gasteiger partial charge is 0.297 e. The van der Waals surface area contributed by atoms with Crippen molar-refractivity contribution in [2.45, 2.75) is 33.6 Å². The minimum atomic E-state index is 0.557. The van der Waals surface area contributed by atoms with Crippen LogP contribution in [0.15, 0.2) is 4.99 Å². The molecular formula is C11H19N. The molecule has 3 aliphatic carbocycles. The average molecular weight is 165 g/mol. The Morgan fingerprint density at radius 3 is 2.42 bits per heavy atom. The second-order valence-electron chi connectivity index (χ2n) is 5.09. The third-order valence-electron chi connectivity index (χ3n) is 4.23. The first kappa shape index (κ1) is 8.28. The average Bonchev–Trinajstić information content (AvgIpc) is 2.03. The van der Waals surface area contributed by atoms with E-state index in [-0.39, 0.29) is 0 Å². The first-order valence-electron chi connectivity index (χ1n) is 5.04.